The number of hydrogen-bond acceptors (Lipinski definition) is 7. The van der Waals surface area contributed by atoms with Gasteiger partial charge in [-0.3, -0.25) is 9.59 Å². The van der Waals surface area contributed by atoms with Gasteiger partial charge in [0, 0.05) is 37.2 Å². The minimum absolute atomic E-state index is 0.0478. The standard InChI is InChI=1S/C24H25N5O4S/c1-17(30)28-34(32,33)21-9-7-20(8-10-21)25-24(31)19-13-15-29(16-14-19)23-12-11-22(26-27-23)18-5-3-2-4-6-18/h2-12,19H,13-16H2,1H3,(H,25,31)(H,28,30). The maximum Gasteiger partial charge on any atom is 0.264 e. The van der Waals surface area contributed by atoms with Crippen molar-refractivity contribution in [3.63, 3.8) is 0 Å². The number of amides is 2. The van der Waals surface area contributed by atoms with E-state index in [1.165, 1.54) is 24.3 Å². The van der Waals surface area contributed by atoms with Gasteiger partial charge in [0.05, 0.1) is 10.6 Å². The van der Waals surface area contributed by atoms with E-state index in [0.29, 0.717) is 31.6 Å². The second kappa shape index (κ2) is 10.0. The van der Waals surface area contributed by atoms with Crippen LogP contribution in [0.3, 0.4) is 0 Å². The zero-order valence-corrected chi connectivity index (χ0v) is 19.5. The van der Waals surface area contributed by atoms with Crippen LogP contribution in [0.2, 0.25) is 0 Å². The van der Waals surface area contributed by atoms with Crippen molar-refractivity contribution in [2.45, 2.75) is 24.7 Å². The van der Waals surface area contributed by atoms with Gasteiger partial charge in [0.1, 0.15) is 0 Å². The molecule has 1 fully saturated rings. The molecule has 10 heteroatoms. The van der Waals surface area contributed by atoms with E-state index in [0.717, 1.165) is 24.0 Å². The number of piperidine rings is 1. The third-order valence-corrected chi connectivity index (χ3v) is 7.07. The van der Waals surface area contributed by atoms with E-state index in [9.17, 15) is 18.0 Å². The first-order chi connectivity index (χ1) is 16.3. The smallest absolute Gasteiger partial charge is 0.264 e. The van der Waals surface area contributed by atoms with Crippen molar-refractivity contribution < 1.29 is 18.0 Å². The van der Waals surface area contributed by atoms with Gasteiger partial charge in [-0.1, -0.05) is 30.3 Å². The van der Waals surface area contributed by atoms with E-state index >= 15 is 0 Å². The van der Waals surface area contributed by atoms with Gasteiger partial charge in [-0.2, -0.15) is 0 Å². The summed E-state index contributed by atoms with van der Waals surface area (Å²) in [5.41, 5.74) is 2.32. The fraction of sp³-hybridized carbons (Fsp3) is 0.250. The fourth-order valence-electron chi connectivity index (χ4n) is 3.84. The SMILES string of the molecule is CC(=O)NS(=O)(=O)c1ccc(NC(=O)C2CCN(c3ccc(-c4ccccc4)nn3)CC2)cc1. The highest BCUT2D eigenvalue weighted by atomic mass is 32.2. The lowest BCUT2D eigenvalue weighted by atomic mass is 9.96. The topological polar surface area (TPSA) is 121 Å². The van der Waals surface area contributed by atoms with Crippen molar-refractivity contribution in [2.75, 3.05) is 23.3 Å². The molecule has 2 heterocycles. The second-order valence-electron chi connectivity index (χ2n) is 8.08. The molecular weight excluding hydrogens is 454 g/mol. The van der Waals surface area contributed by atoms with Gasteiger partial charge >= 0.3 is 0 Å². The third kappa shape index (κ3) is 5.57. The molecule has 0 saturated carbocycles. The summed E-state index contributed by atoms with van der Waals surface area (Å²) in [7, 11) is -3.91. The second-order valence-corrected chi connectivity index (χ2v) is 9.76. The fourth-order valence-corrected chi connectivity index (χ4v) is 4.83. The van der Waals surface area contributed by atoms with Gasteiger partial charge in [-0.05, 0) is 49.2 Å². The maximum absolute atomic E-state index is 12.7. The van der Waals surface area contributed by atoms with Crippen LogP contribution in [0, 0.1) is 5.92 Å². The molecule has 1 aliphatic heterocycles. The first kappa shape index (κ1) is 23.4. The lowest BCUT2D eigenvalue weighted by molar-refractivity contribution is -0.120. The Balaban J connectivity index is 1.31. The molecular formula is C24H25N5O4S. The van der Waals surface area contributed by atoms with E-state index in [2.05, 4.69) is 20.4 Å². The number of aromatic nitrogens is 2. The lowest BCUT2D eigenvalue weighted by Gasteiger charge is -2.31. The van der Waals surface area contributed by atoms with Crippen LogP contribution in [0.4, 0.5) is 11.5 Å². The van der Waals surface area contributed by atoms with Crippen LogP contribution in [0.5, 0.6) is 0 Å². The molecule has 176 valence electrons. The van der Waals surface area contributed by atoms with Crippen molar-refractivity contribution in [1.82, 2.24) is 14.9 Å². The number of rotatable bonds is 6. The molecule has 0 bridgehead atoms. The molecule has 0 spiro atoms. The van der Waals surface area contributed by atoms with Gasteiger partial charge in [-0.15, -0.1) is 10.2 Å². The summed E-state index contributed by atoms with van der Waals surface area (Å²) >= 11 is 0. The van der Waals surface area contributed by atoms with Gasteiger partial charge in [0.2, 0.25) is 11.8 Å². The molecule has 3 aromatic rings. The normalized spacial score (nSPS) is 14.4. The highest BCUT2D eigenvalue weighted by Crippen LogP contribution is 2.24. The van der Waals surface area contributed by atoms with Crippen molar-refractivity contribution >= 4 is 33.3 Å². The third-order valence-electron chi connectivity index (χ3n) is 5.62. The molecule has 1 aliphatic rings. The molecule has 2 amide bonds. The number of anilines is 2. The zero-order chi connectivity index (χ0) is 24.1. The molecule has 0 radical (unpaired) electrons. The van der Waals surface area contributed by atoms with Crippen LogP contribution in [-0.4, -0.2) is 43.5 Å². The molecule has 0 unspecified atom stereocenters. The van der Waals surface area contributed by atoms with Gasteiger partial charge in [-0.25, -0.2) is 13.1 Å². The first-order valence-corrected chi connectivity index (χ1v) is 12.4. The van der Waals surface area contributed by atoms with Crippen LogP contribution < -0.4 is 14.9 Å². The van der Waals surface area contributed by atoms with E-state index in [4.69, 9.17) is 0 Å². The van der Waals surface area contributed by atoms with E-state index in [-0.39, 0.29) is 16.7 Å². The molecule has 34 heavy (non-hydrogen) atoms. The van der Waals surface area contributed by atoms with Crippen molar-refractivity contribution in [3.8, 4) is 11.3 Å². The summed E-state index contributed by atoms with van der Waals surface area (Å²) in [6, 6.07) is 19.5. The molecule has 1 saturated heterocycles. The maximum atomic E-state index is 12.7. The predicted molar refractivity (Wildman–Crippen MR) is 128 cm³/mol. The Hall–Kier alpha value is -3.79. The average molecular weight is 480 g/mol. The molecule has 4 rings (SSSR count). The summed E-state index contributed by atoms with van der Waals surface area (Å²) < 4.78 is 26.0. The zero-order valence-electron chi connectivity index (χ0n) is 18.6. The summed E-state index contributed by atoms with van der Waals surface area (Å²) in [5, 5.41) is 11.5. The molecule has 2 N–H and O–H groups in total. The molecule has 2 aromatic carbocycles. The van der Waals surface area contributed by atoms with Gasteiger partial charge in [0.25, 0.3) is 10.0 Å². The van der Waals surface area contributed by atoms with Crippen molar-refractivity contribution in [2.24, 2.45) is 5.92 Å². The summed E-state index contributed by atoms with van der Waals surface area (Å²) in [6.45, 7) is 2.50. The highest BCUT2D eigenvalue weighted by Gasteiger charge is 2.26. The van der Waals surface area contributed by atoms with E-state index in [1.807, 2.05) is 47.2 Å². The monoisotopic (exact) mass is 479 g/mol. The van der Waals surface area contributed by atoms with Gasteiger partial charge in [0.15, 0.2) is 5.82 Å². The number of carbonyl (C=O) groups excluding carboxylic acids is 2. The van der Waals surface area contributed by atoms with E-state index < -0.39 is 15.9 Å². The Morgan fingerprint density at radius 3 is 2.18 bits per heavy atom. The number of sulfonamides is 1. The Labute approximate surface area is 198 Å². The molecule has 0 atom stereocenters. The largest absolute Gasteiger partial charge is 0.355 e. The number of carbonyl (C=O) groups is 2. The highest BCUT2D eigenvalue weighted by molar-refractivity contribution is 7.90. The number of benzene rings is 2. The number of hydrogen-bond donors (Lipinski definition) is 2. The van der Waals surface area contributed by atoms with E-state index in [1.54, 1.807) is 0 Å². The quantitative estimate of drug-likeness (QED) is 0.558. The summed E-state index contributed by atoms with van der Waals surface area (Å²) in [6.07, 6.45) is 1.34. The number of nitrogens with one attached hydrogen (secondary N) is 2. The Bertz CT molecular complexity index is 1250. The van der Waals surface area contributed by atoms with Crippen LogP contribution in [0.15, 0.2) is 71.6 Å². The molecule has 0 aliphatic carbocycles. The van der Waals surface area contributed by atoms with Crippen LogP contribution in [-0.2, 0) is 19.6 Å². The van der Waals surface area contributed by atoms with Gasteiger partial charge < -0.3 is 10.2 Å². The summed E-state index contributed by atoms with van der Waals surface area (Å²) in [4.78, 5) is 25.8. The van der Waals surface area contributed by atoms with Crippen LogP contribution >= 0.6 is 0 Å². The lowest BCUT2D eigenvalue weighted by Crippen LogP contribution is -2.38. The molecule has 1 aromatic heterocycles. The average Bonchev–Trinajstić information content (AvgIpc) is 2.84. The predicted octanol–water partition coefficient (Wildman–Crippen LogP) is 2.82. The minimum Gasteiger partial charge on any atom is -0.355 e. The number of nitrogens with zero attached hydrogens (tertiary/aromatic N) is 3. The summed E-state index contributed by atoms with van der Waals surface area (Å²) in [5.74, 6) is -0.144. The Morgan fingerprint density at radius 2 is 1.59 bits per heavy atom. The minimum atomic E-state index is -3.91. The van der Waals surface area contributed by atoms with Crippen molar-refractivity contribution in [3.05, 3.63) is 66.7 Å². The Morgan fingerprint density at radius 1 is 0.912 bits per heavy atom. The first-order valence-electron chi connectivity index (χ1n) is 10.9. The van der Waals surface area contributed by atoms with Crippen molar-refractivity contribution in [1.29, 1.82) is 0 Å². The Kier molecular flexibility index (Phi) is 6.87. The van der Waals surface area contributed by atoms with Crippen LogP contribution in [0.1, 0.15) is 19.8 Å². The van der Waals surface area contributed by atoms with Crippen LogP contribution in [0.25, 0.3) is 11.3 Å². The molecule has 9 nitrogen and oxygen atoms in total.